The van der Waals surface area contributed by atoms with Crippen LogP contribution in [0, 0.1) is 5.41 Å². The number of carbonyl (C=O) groups excluding carboxylic acids is 3. The molecule has 0 aliphatic heterocycles. The Morgan fingerprint density at radius 2 is 1.72 bits per heavy atom. The molecule has 0 unspecified atom stereocenters. The molecule has 0 radical (unpaired) electrons. The second-order valence-electron chi connectivity index (χ2n) is 6.75. The van der Waals surface area contributed by atoms with Crippen molar-refractivity contribution in [2.45, 2.75) is 34.6 Å². The second kappa shape index (κ2) is 9.01. The summed E-state index contributed by atoms with van der Waals surface area (Å²) in [4.78, 5) is 34.8. The van der Waals surface area contributed by atoms with Gasteiger partial charge in [-0.3, -0.25) is 14.4 Å². The minimum absolute atomic E-state index is 0.0570. The van der Waals surface area contributed by atoms with Crippen LogP contribution in [0.3, 0.4) is 0 Å². The molecule has 0 bridgehead atoms. The van der Waals surface area contributed by atoms with Gasteiger partial charge in [0.25, 0.3) is 5.91 Å². The van der Waals surface area contributed by atoms with Crippen molar-refractivity contribution in [3.05, 3.63) is 41.5 Å². The number of rotatable bonds is 6. The number of nitrogens with one attached hydrogen (secondary N) is 2. The van der Waals surface area contributed by atoms with Gasteiger partial charge in [0.1, 0.15) is 5.75 Å². The zero-order valence-corrected chi connectivity index (χ0v) is 15.4. The molecule has 136 valence electrons. The summed E-state index contributed by atoms with van der Waals surface area (Å²) in [5.41, 5.74) is 1.31. The van der Waals surface area contributed by atoms with Crippen molar-refractivity contribution in [2.24, 2.45) is 5.41 Å². The van der Waals surface area contributed by atoms with E-state index in [-0.39, 0.29) is 17.2 Å². The van der Waals surface area contributed by atoms with E-state index in [9.17, 15) is 14.4 Å². The Balaban J connectivity index is 2.45. The van der Waals surface area contributed by atoms with Gasteiger partial charge in [-0.1, -0.05) is 32.4 Å². The van der Waals surface area contributed by atoms with Crippen LogP contribution in [0.15, 0.2) is 35.9 Å². The number of hydrogen-bond acceptors (Lipinski definition) is 4. The van der Waals surface area contributed by atoms with E-state index in [1.165, 1.54) is 13.0 Å². The van der Waals surface area contributed by atoms with Gasteiger partial charge in [-0.05, 0) is 30.5 Å². The van der Waals surface area contributed by atoms with Crippen molar-refractivity contribution in [1.29, 1.82) is 0 Å². The Labute approximate surface area is 148 Å². The lowest BCUT2D eigenvalue weighted by Gasteiger charge is -2.19. The summed E-state index contributed by atoms with van der Waals surface area (Å²) in [5.74, 6) is -0.613. The van der Waals surface area contributed by atoms with Gasteiger partial charge in [-0.25, -0.2) is 0 Å². The molecule has 0 heterocycles. The second-order valence-corrected chi connectivity index (χ2v) is 6.75. The van der Waals surface area contributed by atoms with Crippen molar-refractivity contribution >= 4 is 17.8 Å². The maximum Gasteiger partial charge on any atom is 0.308 e. The van der Waals surface area contributed by atoms with Gasteiger partial charge in [-0.15, -0.1) is 0 Å². The van der Waals surface area contributed by atoms with Gasteiger partial charge >= 0.3 is 5.97 Å². The highest BCUT2D eigenvalue weighted by Crippen LogP contribution is 2.23. The molecule has 0 fully saturated rings. The zero-order valence-electron chi connectivity index (χ0n) is 15.4. The Morgan fingerprint density at radius 3 is 2.32 bits per heavy atom. The maximum absolute atomic E-state index is 12.1. The third kappa shape index (κ3) is 7.65. The summed E-state index contributed by atoms with van der Waals surface area (Å²) < 4.78 is 4.94. The average Bonchev–Trinajstić information content (AvgIpc) is 2.50. The molecule has 0 spiro atoms. The number of ether oxygens (including phenoxy) is 1. The lowest BCUT2D eigenvalue weighted by molar-refractivity contribution is -0.131. The highest BCUT2D eigenvalue weighted by Gasteiger charge is 2.13. The molecule has 0 saturated heterocycles. The minimum Gasteiger partial charge on any atom is -0.427 e. The number of hydrogen-bond donors (Lipinski definition) is 2. The molecule has 0 saturated carbocycles. The van der Waals surface area contributed by atoms with Gasteiger partial charge in [0.05, 0.1) is 0 Å². The molecule has 25 heavy (non-hydrogen) atoms. The standard InChI is InChI=1S/C19H26N2O4/c1-13(19(3,4)5)11-17(23)20-9-10-21-18(24)15-7-6-8-16(12-15)25-14(2)22/h6-8,11-12H,9-10H2,1-5H3,(H,20,23)(H,21,24)/b13-11+. The molecule has 0 aliphatic carbocycles. The van der Waals surface area contributed by atoms with Gasteiger partial charge in [0, 0.05) is 31.7 Å². The van der Waals surface area contributed by atoms with Crippen LogP contribution in [0.4, 0.5) is 0 Å². The summed E-state index contributed by atoms with van der Waals surface area (Å²) in [7, 11) is 0. The van der Waals surface area contributed by atoms with Crippen LogP contribution in [0.5, 0.6) is 5.75 Å². The molecule has 0 atom stereocenters. The summed E-state index contributed by atoms with van der Waals surface area (Å²) in [6.07, 6.45) is 1.57. The predicted octanol–water partition coefficient (Wildman–Crippen LogP) is 2.45. The van der Waals surface area contributed by atoms with Crippen LogP contribution < -0.4 is 15.4 Å². The SMILES string of the molecule is CC(=O)Oc1cccc(C(=O)NCCNC(=O)/C=C(\C)C(C)(C)C)c1. The Bertz CT molecular complexity index is 672. The Hall–Kier alpha value is -2.63. The molecule has 0 aromatic heterocycles. The molecule has 1 rings (SSSR count). The third-order valence-electron chi connectivity index (χ3n) is 3.60. The quantitative estimate of drug-likeness (QED) is 0.359. The van der Waals surface area contributed by atoms with Gasteiger partial charge < -0.3 is 15.4 Å². The van der Waals surface area contributed by atoms with Crippen molar-refractivity contribution in [1.82, 2.24) is 10.6 Å². The summed E-state index contributed by atoms with van der Waals surface area (Å²) >= 11 is 0. The van der Waals surface area contributed by atoms with Crippen LogP contribution >= 0.6 is 0 Å². The van der Waals surface area contributed by atoms with Crippen LogP contribution in [0.2, 0.25) is 0 Å². The number of carbonyl (C=O) groups is 3. The first-order valence-corrected chi connectivity index (χ1v) is 8.13. The van der Waals surface area contributed by atoms with Gasteiger partial charge in [0.2, 0.25) is 5.91 Å². The van der Waals surface area contributed by atoms with Crippen LogP contribution in [0.1, 0.15) is 45.0 Å². The fraction of sp³-hybridized carbons (Fsp3) is 0.421. The molecule has 6 nitrogen and oxygen atoms in total. The molecule has 2 amide bonds. The predicted molar refractivity (Wildman–Crippen MR) is 96.3 cm³/mol. The molecule has 2 N–H and O–H groups in total. The largest absolute Gasteiger partial charge is 0.427 e. The Kier molecular flexibility index (Phi) is 7.36. The number of benzene rings is 1. The third-order valence-corrected chi connectivity index (χ3v) is 3.60. The fourth-order valence-corrected chi connectivity index (χ4v) is 1.79. The molecular formula is C19H26N2O4. The van der Waals surface area contributed by atoms with Crippen molar-refractivity contribution in [3.63, 3.8) is 0 Å². The van der Waals surface area contributed by atoms with E-state index in [0.717, 1.165) is 5.57 Å². The van der Waals surface area contributed by atoms with Crippen LogP contribution in [0.25, 0.3) is 0 Å². The highest BCUT2D eigenvalue weighted by atomic mass is 16.5. The Morgan fingerprint density at radius 1 is 1.08 bits per heavy atom. The highest BCUT2D eigenvalue weighted by molar-refractivity contribution is 5.94. The lowest BCUT2D eigenvalue weighted by Crippen LogP contribution is -2.34. The first-order chi connectivity index (χ1) is 11.6. The maximum atomic E-state index is 12.1. The van der Waals surface area contributed by atoms with Crippen molar-refractivity contribution in [2.75, 3.05) is 13.1 Å². The van der Waals surface area contributed by atoms with Crippen LogP contribution in [-0.2, 0) is 9.59 Å². The summed E-state index contributed by atoms with van der Waals surface area (Å²) in [6.45, 7) is 9.94. The normalized spacial score (nSPS) is 11.6. The minimum atomic E-state index is -0.445. The summed E-state index contributed by atoms with van der Waals surface area (Å²) in [6, 6.07) is 6.35. The van der Waals surface area contributed by atoms with E-state index in [0.29, 0.717) is 24.4 Å². The van der Waals surface area contributed by atoms with E-state index in [4.69, 9.17) is 4.74 Å². The smallest absolute Gasteiger partial charge is 0.308 e. The number of amides is 2. The van der Waals surface area contributed by atoms with Gasteiger partial charge in [0.15, 0.2) is 0 Å². The molecule has 1 aromatic rings. The van der Waals surface area contributed by atoms with E-state index >= 15 is 0 Å². The molecular weight excluding hydrogens is 320 g/mol. The zero-order chi connectivity index (χ0) is 19.0. The first-order valence-electron chi connectivity index (χ1n) is 8.13. The van der Waals surface area contributed by atoms with E-state index in [2.05, 4.69) is 10.6 Å². The lowest BCUT2D eigenvalue weighted by atomic mass is 9.87. The monoisotopic (exact) mass is 346 g/mol. The molecule has 0 aliphatic rings. The van der Waals surface area contributed by atoms with E-state index < -0.39 is 5.97 Å². The van der Waals surface area contributed by atoms with E-state index in [1.807, 2.05) is 27.7 Å². The fourth-order valence-electron chi connectivity index (χ4n) is 1.79. The number of esters is 1. The molecule has 1 aromatic carbocycles. The first kappa shape index (κ1) is 20.4. The molecule has 6 heteroatoms. The van der Waals surface area contributed by atoms with E-state index in [1.54, 1.807) is 24.3 Å². The summed E-state index contributed by atoms with van der Waals surface area (Å²) in [5, 5.41) is 5.43. The number of allylic oxidation sites excluding steroid dienone is 1. The van der Waals surface area contributed by atoms with Crippen molar-refractivity contribution in [3.8, 4) is 5.75 Å². The average molecular weight is 346 g/mol. The van der Waals surface area contributed by atoms with Gasteiger partial charge in [-0.2, -0.15) is 0 Å². The topological polar surface area (TPSA) is 84.5 Å². The van der Waals surface area contributed by atoms with Crippen LogP contribution in [-0.4, -0.2) is 30.9 Å². The van der Waals surface area contributed by atoms with Crippen molar-refractivity contribution < 1.29 is 19.1 Å².